The molecule has 1 aromatic carbocycles. The minimum Gasteiger partial charge on any atom is -0.370 e. The van der Waals surface area contributed by atoms with E-state index >= 15 is 0 Å². The van der Waals surface area contributed by atoms with Crippen LogP contribution in [0.15, 0.2) is 34.9 Å². The number of hydrogen-bond donors (Lipinski definition) is 2. The van der Waals surface area contributed by atoms with E-state index in [1.807, 2.05) is 32.9 Å². The number of pyridine rings is 1. The molecule has 1 heterocycles. The number of hydrogen-bond acceptors (Lipinski definition) is 3. The van der Waals surface area contributed by atoms with E-state index in [9.17, 15) is 4.79 Å². The number of carbonyl (C=O) groups excluding carboxylic acids is 1. The fraction of sp³-hybridized carbons (Fsp3) is 0.250. The van der Waals surface area contributed by atoms with Crippen molar-refractivity contribution >= 4 is 33.3 Å². The van der Waals surface area contributed by atoms with E-state index in [4.69, 9.17) is 0 Å². The summed E-state index contributed by atoms with van der Waals surface area (Å²) < 4.78 is 1.00. The van der Waals surface area contributed by atoms with Crippen LogP contribution in [-0.2, 0) is 0 Å². The van der Waals surface area contributed by atoms with Gasteiger partial charge in [-0.2, -0.15) is 0 Å². The lowest BCUT2D eigenvalue weighted by molar-refractivity contribution is 0.102. The zero-order chi connectivity index (χ0) is 15.4. The molecule has 2 aromatic rings. The Morgan fingerprint density at radius 1 is 1.29 bits per heavy atom. The number of benzene rings is 1. The third kappa shape index (κ3) is 3.61. The second-order valence-corrected chi connectivity index (χ2v) is 5.71. The van der Waals surface area contributed by atoms with Crippen molar-refractivity contribution in [2.24, 2.45) is 0 Å². The molecule has 0 saturated carbocycles. The van der Waals surface area contributed by atoms with Gasteiger partial charge in [-0.25, -0.2) is 4.98 Å². The van der Waals surface area contributed by atoms with E-state index in [1.54, 1.807) is 18.3 Å². The molecule has 0 spiro atoms. The van der Waals surface area contributed by atoms with E-state index in [2.05, 4.69) is 31.5 Å². The van der Waals surface area contributed by atoms with Gasteiger partial charge in [-0.15, -0.1) is 0 Å². The summed E-state index contributed by atoms with van der Waals surface area (Å²) in [6.45, 7) is 6.64. The number of amides is 1. The lowest BCUT2D eigenvalue weighted by Gasteiger charge is -2.14. The Morgan fingerprint density at radius 2 is 1.95 bits per heavy atom. The predicted octanol–water partition coefficient (Wildman–Crippen LogP) is 4.15. The molecule has 4 nitrogen and oxygen atoms in total. The van der Waals surface area contributed by atoms with Crippen molar-refractivity contribution in [3.05, 3.63) is 51.6 Å². The molecule has 21 heavy (non-hydrogen) atoms. The summed E-state index contributed by atoms with van der Waals surface area (Å²) in [6, 6.07) is 7.50. The van der Waals surface area contributed by atoms with Gasteiger partial charge in [0.05, 0.1) is 5.56 Å². The average molecular weight is 348 g/mol. The summed E-state index contributed by atoms with van der Waals surface area (Å²) in [5, 5.41) is 6.08. The number of aromatic nitrogens is 1. The first-order chi connectivity index (χ1) is 10.0. The topological polar surface area (TPSA) is 54.0 Å². The number of rotatable bonds is 4. The van der Waals surface area contributed by atoms with Crippen LogP contribution in [0.25, 0.3) is 0 Å². The van der Waals surface area contributed by atoms with E-state index in [-0.39, 0.29) is 5.91 Å². The molecule has 1 aromatic heterocycles. The van der Waals surface area contributed by atoms with Gasteiger partial charge in [0.15, 0.2) is 0 Å². The SMILES string of the molecule is CCNc1ncccc1C(=O)Nc1c(C)cc(Br)cc1C. The van der Waals surface area contributed by atoms with Crippen molar-refractivity contribution < 1.29 is 4.79 Å². The first-order valence-electron chi connectivity index (χ1n) is 6.80. The summed E-state index contributed by atoms with van der Waals surface area (Å²) >= 11 is 3.46. The molecular weight excluding hydrogens is 330 g/mol. The highest BCUT2D eigenvalue weighted by Gasteiger charge is 2.14. The van der Waals surface area contributed by atoms with Crippen molar-refractivity contribution in [1.29, 1.82) is 0 Å². The molecule has 0 radical (unpaired) electrons. The van der Waals surface area contributed by atoms with Crippen LogP contribution >= 0.6 is 15.9 Å². The third-order valence-corrected chi connectivity index (χ3v) is 3.59. The fourth-order valence-corrected chi connectivity index (χ4v) is 2.87. The van der Waals surface area contributed by atoms with Crippen LogP contribution < -0.4 is 10.6 Å². The predicted molar refractivity (Wildman–Crippen MR) is 90.0 cm³/mol. The zero-order valence-electron chi connectivity index (χ0n) is 12.3. The Balaban J connectivity index is 2.31. The van der Waals surface area contributed by atoms with Gasteiger partial charge in [0.2, 0.25) is 0 Å². The number of carbonyl (C=O) groups is 1. The maximum Gasteiger partial charge on any atom is 0.259 e. The minimum absolute atomic E-state index is 0.160. The van der Waals surface area contributed by atoms with Gasteiger partial charge in [-0.3, -0.25) is 4.79 Å². The first-order valence-corrected chi connectivity index (χ1v) is 7.59. The van der Waals surface area contributed by atoms with Crippen LogP contribution in [0.5, 0.6) is 0 Å². The van der Waals surface area contributed by atoms with Gasteiger partial charge in [0, 0.05) is 22.9 Å². The Labute approximate surface area is 133 Å². The van der Waals surface area contributed by atoms with E-state index in [0.29, 0.717) is 17.9 Å². The van der Waals surface area contributed by atoms with E-state index < -0.39 is 0 Å². The Kier molecular flexibility index (Phi) is 4.96. The fourth-order valence-electron chi connectivity index (χ4n) is 2.19. The summed E-state index contributed by atoms with van der Waals surface area (Å²) in [5.41, 5.74) is 3.42. The second kappa shape index (κ2) is 6.72. The molecule has 5 heteroatoms. The summed E-state index contributed by atoms with van der Waals surface area (Å²) in [7, 11) is 0. The van der Waals surface area contributed by atoms with Crippen LogP contribution in [0.1, 0.15) is 28.4 Å². The molecule has 0 saturated heterocycles. The van der Waals surface area contributed by atoms with Gasteiger partial charge in [0.25, 0.3) is 5.91 Å². The van der Waals surface area contributed by atoms with E-state index in [1.165, 1.54) is 0 Å². The first kappa shape index (κ1) is 15.5. The summed E-state index contributed by atoms with van der Waals surface area (Å²) in [6.07, 6.45) is 1.67. The maximum absolute atomic E-state index is 12.5. The molecule has 0 aliphatic heterocycles. The van der Waals surface area contributed by atoms with Crippen LogP contribution in [0.3, 0.4) is 0 Å². The number of nitrogens with zero attached hydrogens (tertiary/aromatic N) is 1. The van der Waals surface area contributed by atoms with Crippen molar-refractivity contribution in [3.8, 4) is 0 Å². The van der Waals surface area contributed by atoms with Gasteiger partial charge >= 0.3 is 0 Å². The summed E-state index contributed by atoms with van der Waals surface area (Å²) in [4.78, 5) is 16.7. The number of anilines is 2. The van der Waals surface area contributed by atoms with Gasteiger partial charge in [0.1, 0.15) is 5.82 Å². The highest BCUT2D eigenvalue weighted by molar-refractivity contribution is 9.10. The van der Waals surface area contributed by atoms with E-state index in [0.717, 1.165) is 21.3 Å². The highest BCUT2D eigenvalue weighted by atomic mass is 79.9. The lowest BCUT2D eigenvalue weighted by atomic mass is 10.1. The second-order valence-electron chi connectivity index (χ2n) is 4.80. The molecule has 0 aliphatic rings. The molecule has 2 N–H and O–H groups in total. The van der Waals surface area contributed by atoms with Crippen LogP contribution in [0, 0.1) is 13.8 Å². The lowest BCUT2D eigenvalue weighted by Crippen LogP contribution is -2.17. The monoisotopic (exact) mass is 347 g/mol. The zero-order valence-corrected chi connectivity index (χ0v) is 13.9. The van der Waals surface area contributed by atoms with Gasteiger partial charge in [-0.05, 0) is 56.2 Å². The minimum atomic E-state index is -0.160. The molecule has 0 fully saturated rings. The van der Waals surface area contributed by atoms with Crippen molar-refractivity contribution in [2.45, 2.75) is 20.8 Å². The smallest absolute Gasteiger partial charge is 0.259 e. The van der Waals surface area contributed by atoms with Crippen molar-refractivity contribution in [1.82, 2.24) is 4.98 Å². The Morgan fingerprint density at radius 3 is 2.57 bits per heavy atom. The molecule has 0 bridgehead atoms. The number of aryl methyl sites for hydroxylation is 2. The quantitative estimate of drug-likeness (QED) is 0.873. The molecule has 2 rings (SSSR count). The third-order valence-electron chi connectivity index (χ3n) is 3.13. The van der Waals surface area contributed by atoms with Gasteiger partial charge < -0.3 is 10.6 Å². The number of nitrogens with one attached hydrogen (secondary N) is 2. The van der Waals surface area contributed by atoms with Crippen molar-refractivity contribution in [3.63, 3.8) is 0 Å². The van der Waals surface area contributed by atoms with Gasteiger partial charge in [-0.1, -0.05) is 15.9 Å². The molecule has 0 atom stereocenters. The molecular formula is C16H18BrN3O. The van der Waals surface area contributed by atoms with Crippen LogP contribution in [0.4, 0.5) is 11.5 Å². The highest BCUT2D eigenvalue weighted by Crippen LogP contribution is 2.26. The van der Waals surface area contributed by atoms with Crippen molar-refractivity contribution in [2.75, 3.05) is 17.2 Å². The Bertz CT molecular complexity index is 647. The van der Waals surface area contributed by atoms with Crippen LogP contribution in [-0.4, -0.2) is 17.4 Å². The number of halogens is 1. The standard InChI is InChI=1S/C16H18BrN3O/c1-4-18-15-13(6-5-7-19-15)16(21)20-14-10(2)8-12(17)9-11(14)3/h5-9H,4H2,1-3H3,(H,18,19)(H,20,21). The summed E-state index contributed by atoms with van der Waals surface area (Å²) in [5.74, 6) is 0.442. The maximum atomic E-state index is 12.5. The normalized spacial score (nSPS) is 10.3. The molecule has 110 valence electrons. The largest absolute Gasteiger partial charge is 0.370 e. The van der Waals surface area contributed by atoms with Crippen LogP contribution in [0.2, 0.25) is 0 Å². The average Bonchev–Trinajstić information content (AvgIpc) is 2.43. The molecule has 1 amide bonds. The molecule has 0 unspecified atom stereocenters. The molecule has 0 aliphatic carbocycles. The Hall–Kier alpha value is -1.88.